The van der Waals surface area contributed by atoms with Gasteiger partial charge in [0.1, 0.15) is 0 Å². The van der Waals surface area contributed by atoms with Gasteiger partial charge in [-0.15, -0.1) is 0 Å². The zero-order valence-corrected chi connectivity index (χ0v) is 14.2. The lowest BCUT2D eigenvalue weighted by Gasteiger charge is -2.09. The van der Waals surface area contributed by atoms with Crippen LogP contribution in [0.15, 0.2) is 48.7 Å². The number of methoxy groups -OCH3 is 1. The average Bonchev–Trinajstić information content (AvgIpc) is 3.35. The molecular formula is C20H18ClNO2. The van der Waals surface area contributed by atoms with Crippen molar-refractivity contribution in [3.05, 3.63) is 70.4 Å². The summed E-state index contributed by atoms with van der Waals surface area (Å²) in [6.07, 6.45) is 5.40. The highest BCUT2D eigenvalue weighted by atomic mass is 35.5. The normalized spacial score (nSPS) is 14.1. The van der Waals surface area contributed by atoms with Crippen molar-refractivity contribution < 1.29 is 9.53 Å². The highest BCUT2D eigenvalue weighted by Crippen LogP contribution is 2.38. The van der Waals surface area contributed by atoms with Gasteiger partial charge in [0.05, 0.1) is 12.7 Å². The summed E-state index contributed by atoms with van der Waals surface area (Å²) in [5, 5.41) is 1.78. The number of carbonyl (C=O) groups excluding carboxylic acids is 1. The number of hydrogen-bond donors (Lipinski definition) is 0. The molecular weight excluding hydrogens is 322 g/mol. The van der Waals surface area contributed by atoms with Crippen LogP contribution >= 0.6 is 11.6 Å². The van der Waals surface area contributed by atoms with E-state index < -0.39 is 0 Å². The van der Waals surface area contributed by atoms with Gasteiger partial charge in [-0.05, 0) is 66.1 Å². The summed E-state index contributed by atoms with van der Waals surface area (Å²) in [7, 11) is 1.39. The van der Waals surface area contributed by atoms with Gasteiger partial charge < -0.3 is 9.30 Å². The molecule has 0 aliphatic heterocycles. The van der Waals surface area contributed by atoms with Gasteiger partial charge in [-0.3, -0.25) is 0 Å². The van der Waals surface area contributed by atoms with Gasteiger partial charge in [0.25, 0.3) is 0 Å². The van der Waals surface area contributed by atoms with Crippen molar-refractivity contribution in [2.24, 2.45) is 0 Å². The minimum atomic E-state index is -0.353. The molecule has 0 N–H and O–H groups in total. The van der Waals surface area contributed by atoms with E-state index in [0.717, 1.165) is 5.56 Å². The van der Waals surface area contributed by atoms with Crippen LogP contribution in [0, 0.1) is 0 Å². The Bertz CT molecular complexity index is 925. The monoisotopic (exact) mass is 339 g/mol. The zero-order valence-electron chi connectivity index (χ0n) is 13.5. The second kappa shape index (κ2) is 5.99. The summed E-state index contributed by atoms with van der Waals surface area (Å²) < 4.78 is 7.24. The number of ether oxygens (including phenoxy) is 1. The molecule has 0 amide bonds. The molecule has 1 fully saturated rings. The van der Waals surface area contributed by atoms with Gasteiger partial charge in [-0.1, -0.05) is 23.7 Å². The van der Waals surface area contributed by atoms with Crippen LogP contribution in [0.1, 0.15) is 40.4 Å². The van der Waals surface area contributed by atoms with Crippen LogP contribution in [-0.4, -0.2) is 17.6 Å². The molecule has 1 aromatic heterocycles. The number of benzene rings is 2. The van der Waals surface area contributed by atoms with E-state index in [1.165, 1.54) is 36.4 Å². The van der Waals surface area contributed by atoms with Crippen molar-refractivity contribution in [1.29, 1.82) is 0 Å². The van der Waals surface area contributed by atoms with Crippen LogP contribution in [-0.2, 0) is 11.2 Å². The van der Waals surface area contributed by atoms with Crippen LogP contribution in [0.4, 0.5) is 0 Å². The number of nitrogens with zero attached hydrogens (tertiary/aromatic N) is 1. The van der Waals surface area contributed by atoms with E-state index in [0.29, 0.717) is 23.0 Å². The predicted molar refractivity (Wildman–Crippen MR) is 95.8 cm³/mol. The third-order valence-electron chi connectivity index (χ3n) is 4.60. The van der Waals surface area contributed by atoms with E-state index in [2.05, 4.69) is 35.0 Å². The summed E-state index contributed by atoms with van der Waals surface area (Å²) in [6.45, 7) is 0. The molecule has 0 saturated heterocycles. The van der Waals surface area contributed by atoms with Gasteiger partial charge in [0, 0.05) is 22.8 Å². The van der Waals surface area contributed by atoms with Crippen molar-refractivity contribution >= 4 is 28.5 Å². The maximum Gasteiger partial charge on any atom is 0.338 e. The number of rotatable bonds is 4. The summed E-state index contributed by atoms with van der Waals surface area (Å²) >= 11 is 6.03. The molecule has 0 unspecified atom stereocenters. The van der Waals surface area contributed by atoms with Crippen molar-refractivity contribution in [2.45, 2.75) is 25.3 Å². The Morgan fingerprint density at radius 3 is 2.79 bits per heavy atom. The fraction of sp³-hybridized carbons (Fsp3) is 0.250. The van der Waals surface area contributed by atoms with E-state index >= 15 is 0 Å². The number of hydrogen-bond acceptors (Lipinski definition) is 2. The molecule has 1 heterocycles. The van der Waals surface area contributed by atoms with Crippen LogP contribution in [0.25, 0.3) is 10.9 Å². The van der Waals surface area contributed by atoms with E-state index in [9.17, 15) is 4.79 Å². The minimum Gasteiger partial charge on any atom is -0.465 e. The molecule has 4 heteroatoms. The first-order valence-corrected chi connectivity index (χ1v) is 8.50. The number of esters is 1. The molecule has 1 aliphatic carbocycles. The Morgan fingerprint density at radius 2 is 2.04 bits per heavy atom. The highest BCUT2D eigenvalue weighted by molar-refractivity contribution is 6.31. The molecule has 0 spiro atoms. The topological polar surface area (TPSA) is 31.2 Å². The third-order valence-corrected chi connectivity index (χ3v) is 4.83. The van der Waals surface area contributed by atoms with Gasteiger partial charge >= 0.3 is 5.97 Å². The molecule has 24 heavy (non-hydrogen) atoms. The van der Waals surface area contributed by atoms with Gasteiger partial charge in [-0.2, -0.15) is 0 Å². The summed E-state index contributed by atoms with van der Waals surface area (Å²) in [5.41, 5.74) is 3.90. The predicted octanol–water partition coefficient (Wildman–Crippen LogP) is 5.01. The number of fused-ring (bicyclic) bond motifs is 1. The van der Waals surface area contributed by atoms with Gasteiger partial charge in [0.15, 0.2) is 0 Å². The number of aromatic nitrogens is 1. The molecule has 1 aliphatic rings. The summed E-state index contributed by atoms with van der Waals surface area (Å²) in [6, 6.07) is 14.7. The smallest absolute Gasteiger partial charge is 0.338 e. The molecule has 0 atom stereocenters. The van der Waals surface area contributed by atoms with Gasteiger partial charge in [-0.25, -0.2) is 4.79 Å². The lowest BCUT2D eigenvalue weighted by Crippen LogP contribution is -2.06. The Kier molecular flexibility index (Phi) is 3.81. The third kappa shape index (κ3) is 2.80. The molecule has 1 saturated carbocycles. The first-order valence-electron chi connectivity index (χ1n) is 8.12. The van der Waals surface area contributed by atoms with E-state index in [-0.39, 0.29) is 5.97 Å². The van der Waals surface area contributed by atoms with Crippen molar-refractivity contribution in [2.75, 3.05) is 7.11 Å². The fourth-order valence-electron chi connectivity index (χ4n) is 3.22. The Hall–Kier alpha value is -2.26. The summed E-state index contributed by atoms with van der Waals surface area (Å²) in [5.74, 6) is -0.353. The number of halogens is 1. The first-order chi connectivity index (χ1) is 11.7. The largest absolute Gasteiger partial charge is 0.465 e. The van der Waals surface area contributed by atoms with E-state index in [4.69, 9.17) is 16.3 Å². The second-order valence-corrected chi connectivity index (χ2v) is 6.75. The Morgan fingerprint density at radius 1 is 1.21 bits per heavy atom. The second-order valence-electron chi connectivity index (χ2n) is 6.32. The molecule has 2 aromatic carbocycles. The maximum absolute atomic E-state index is 12.0. The van der Waals surface area contributed by atoms with Crippen LogP contribution in [0.2, 0.25) is 5.02 Å². The van der Waals surface area contributed by atoms with Crippen LogP contribution in [0.3, 0.4) is 0 Å². The minimum absolute atomic E-state index is 0.353. The van der Waals surface area contributed by atoms with Crippen molar-refractivity contribution in [3.8, 4) is 0 Å². The van der Waals surface area contributed by atoms with Gasteiger partial charge in [0.2, 0.25) is 0 Å². The lowest BCUT2D eigenvalue weighted by molar-refractivity contribution is 0.0599. The zero-order chi connectivity index (χ0) is 16.7. The maximum atomic E-state index is 12.0. The molecule has 122 valence electrons. The van der Waals surface area contributed by atoms with E-state index in [1.54, 1.807) is 6.07 Å². The first kappa shape index (κ1) is 15.3. The molecule has 4 rings (SSSR count). The number of carbonyl (C=O) groups is 1. The molecule has 3 nitrogen and oxygen atoms in total. The standard InChI is InChI=1S/C20H18ClNO2/c1-24-20(23)18-12-16(21)4-3-14(18)10-13-2-7-19-15(11-13)8-9-22(19)17-5-6-17/h2-4,7-9,11-12,17H,5-6,10H2,1H3. The van der Waals surface area contributed by atoms with Crippen molar-refractivity contribution in [3.63, 3.8) is 0 Å². The molecule has 0 radical (unpaired) electrons. The summed E-state index contributed by atoms with van der Waals surface area (Å²) in [4.78, 5) is 12.0. The molecule has 0 bridgehead atoms. The highest BCUT2D eigenvalue weighted by Gasteiger charge is 2.24. The Balaban J connectivity index is 1.68. The quantitative estimate of drug-likeness (QED) is 0.626. The Labute approximate surface area is 145 Å². The average molecular weight is 340 g/mol. The van der Waals surface area contributed by atoms with Crippen molar-refractivity contribution in [1.82, 2.24) is 4.57 Å². The van der Waals surface area contributed by atoms with Crippen LogP contribution < -0.4 is 0 Å². The lowest BCUT2D eigenvalue weighted by atomic mass is 9.99. The SMILES string of the molecule is COC(=O)c1cc(Cl)ccc1Cc1ccc2c(ccn2C2CC2)c1. The van der Waals surface area contributed by atoms with Crippen LogP contribution in [0.5, 0.6) is 0 Å². The molecule has 3 aromatic rings. The fourth-order valence-corrected chi connectivity index (χ4v) is 3.39. The van der Waals surface area contributed by atoms with E-state index in [1.807, 2.05) is 12.1 Å².